The molecular weight excluding hydrogens is 899 g/mol. The van der Waals surface area contributed by atoms with Crippen LogP contribution in [0.2, 0.25) is 18.1 Å². The third kappa shape index (κ3) is 11.5. The van der Waals surface area contributed by atoms with Crippen LogP contribution in [0.5, 0.6) is 0 Å². The van der Waals surface area contributed by atoms with Crippen molar-refractivity contribution >= 4 is 61.3 Å². The minimum atomic E-state index is -1.68. The van der Waals surface area contributed by atoms with Crippen LogP contribution in [-0.4, -0.2) is 23.9 Å². The van der Waals surface area contributed by atoms with Crippen LogP contribution in [0.3, 0.4) is 0 Å². The Morgan fingerprint density at radius 2 is 1.36 bits per heavy atom. The van der Waals surface area contributed by atoms with E-state index in [1.807, 2.05) is 45.2 Å². The van der Waals surface area contributed by atoms with E-state index in [2.05, 4.69) is 123 Å². The molecule has 0 saturated heterocycles. The van der Waals surface area contributed by atoms with Gasteiger partial charge in [-0.1, -0.05) is 155 Å². The number of aliphatic hydroxyl groups is 1. The summed E-state index contributed by atoms with van der Waals surface area (Å²) in [6, 6.07) is 28.6. The fourth-order valence-electron chi connectivity index (χ4n) is 8.93. The number of ketones is 1. The smallest absolute Gasteiger partial charge is 0.162 e. The maximum Gasteiger partial charge on any atom is 0.162 e. The number of aliphatic hydroxyl groups excluding tert-OH is 1. The average molecular weight is 969 g/mol. The topological polar surface area (TPSA) is 50.2 Å². The molecule has 0 bridgehead atoms. The summed E-state index contributed by atoms with van der Waals surface area (Å²) >= 11 is 1.93. The summed E-state index contributed by atoms with van der Waals surface area (Å²) in [7, 11) is -1.68. The van der Waals surface area contributed by atoms with Gasteiger partial charge in [0.2, 0.25) is 0 Å². The van der Waals surface area contributed by atoms with Crippen LogP contribution >= 0.6 is 11.3 Å². The summed E-state index contributed by atoms with van der Waals surface area (Å²) in [4.78, 5) is 16.7. The van der Waals surface area contributed by atoms with Gasteiger partial charge < -0.3 is 5.11 Å². The van der Waals surface area contributed by atoms with Gasteiger partial charge in [0.1, 0.15) is 0 Å². The molecule has 0 fully saturated rings. The van der Waals surface area contributed by atoms with Crippen molar-refractivity contribution in [3.8, 4) is 11.3 Å². The number of carbonyl (C=O) groups is 1. The van der Waals surface area contributed by atoms with Crippen molar-refractivity contribution in [1.82, 2.24) is 4.98 Å². The molecule has 1 N–H and O–H groups in total. The molecule has 6 heteroatoms. The van der Waals surface area contributed by atoms with E-state index < -0.39 is 8.07 Å². The summed E-state index contributed by atoms with van der Waals surface area (Å²) < 4.78 is 2.69. The molecule has 0 amide bonds. The van der Waals surface area contributed by atoms with E-state index >= 15 is 0 Å². The molecule has 307 valence electrons. The molecule has 0 atom stereocenters. The van der Waals surface area contributed by atoms with E-state index in [1.54, 1.807) is 5.19 Å². The van der Waals surface area contributed by atoms with Gasteiger partial charge in [-0.3, -0.25) is 9.78 Å². The second-order valence-corrected chi connectivity index (χ2v) is 23.7. The quantitative estimate of drug-likeness (QED) is 0.0492. The number of aromatic nitrogens is 1. The van der Waals surface area contributed by atoms with Crippen molar-refractivity contribution in [1.29, 1.82) is 0 Å². The Morgan fingerprint density at radius 1 is 0.786 bits per heavy atom. The molecule has 1 radical (unpaired) electrons. The SMILES string of the molecule is CC(C)C[Si](CC(C)C)(CC(C)C)c1ccc2c(c1)sc1c(-c3[c-]c4ccccc4c(C(C)(C)C)c3)nccc12.CCC(CC)C(=O)/C=C(\O)C(CC)CC.[Ir]. The van der Waals surface area contributed by atoms with Gasteiger partial charge in [0.25, 0.3) is 0 Å². The van der Waals surface area contributed by atoms with Gasteiger partial charge in [0.05, 0.1) is 13.8 Å². The summed E-state index contributed by atoms with van der Waals surface area (Å²) in [5.74, 6) is 2.71. The standard InChI is InChI=1S/C37H46NSSi.C13H24O2.Ir/c1-24(2)21-40(22-25(3)4,23-26(5)6)29-14-15-31-32-16-17-38-35(36(32)39-34(31)20-29)28-18-27-12-10-11-13-30(27)33(19-28)37(7,8)9;1-5-10(6-2)12(14)9-13(15)11(7-3)8-4;/h10-17,19-20,24-26H,21-23H2,1-9H3;9-11,14H,5-8H2,1-4H3;/q-1;;/b;12-9-;. The normalized spacial score (nSPS) is 12.7. The molecule has 3 aromatic carbocycles. The molecule has 0 spiro atoms. The Hall–Kier alpha value is -2.63. The van der Waals surface area contributed by atoms with E-state index in [0.717, 1.165) is 54.7 Å². The Bertz CT molecular complexity index is 2040. The van der Waals surface area contributed by atoms with E-state index in [9.17, 15) is 9.90 Å². The van der Waals surface area contributed by atoms with Crippen LogP contribution in [0, 0.1) is 35.7 Å². The van der Waals surface area contributed by atoms with E-state index in [1.165, 1.54) is 60.7 Å². The first kappa shape index (κ1) is 47.7. The fraction of sp³-hybridized carbons (Fsp3) is 0.520. The first-order valence-corrected chi connectivity index (χ1v) is 24.6. The maximum absolute atomic E-state index is 11.7. The number of thiophene rings is 1. The fourth-order valence-corrected chi connectivity index (χ4v) is 17.1. The third-order valence-corrected chi connectivity index (χ3v) is 18.8. The number of rotatable bonds is 15. The molecule has 2 heterocycles. The Kier molecular flexibility index (Phi) is 17.8. The number of pyridine rings is 1. The average Bonchev–Trinajstić information content (AvgIpc) is 3.49. The molecule has 0 unspecified atom stereocenters. The number of allylic oxidation sites excluding steroid dienone is 2. The molecular formula is C50H70IrNO2SSi-. The van der Waals surface area contributed by atoms with Crippen molar-refractivity contribution in [3.05, 3.63) is 84.3 Å². The number of hydrogen-bond donors (Lipinski definition) is 1. The summed E-state index contributed by atoms with van der Waals surface area (Å²) in [5, 5.41) is 16.6. The van der Waals surface area contributed by atoms with Gasteiger partial charge in [0.15, 0.2) is 5.78 Å². The monoisotopic (exact) mass is 969 g/mol. The van der Waals surface area contributed by atoms with Crippen LogP contribution in [0.25, 0.3) is 42.2 Å². The largest absolute Gasteiger partial charge is 0.512 e. The summed E-state index contributed by atoms with van der Waals surface area (Å²) in [6.45, 7) is 29.5. The molecule has 56 heavy (non-hydrogen) atoms. The van der Waals surface area contributed by atoms with Crippen molar-refractivity contribution in [3.63, 3.8) is 0 Å². The van der Waals surface area contributed by atoms with Crippen LogP contribution in [0.15, 0.2) is 72.6 Å². The predicted octanol–water partition coefficient (Wildman–Crippen LogP) is 14.9. The van der Waals surface area contributed by atoms with Gasteiger partial charge in [0, 0.05) is 59.3 Å². The third-order valence-electron chi connectivity index (χ3n) is 11.3. The number of hydrogen-bond acceptors (Lipinski definition) is 4. The molecule has 0 aliphatic carbocycles. The van der Waals surface area contributed by atoms with E-state index in [4.69, 9.17) is 4.98 Å². The Morgan fingerprint density at radius 3 is 1.89 bits per heavy atom. The molecule has 0 aliphatic rings. The summed E-state index contributed by atoms with van der Waals surface area (Å²) in [6.07, 6.45) is 6.90. The van der Waals surface area contributed by atoms with Gasteiger partial charge in [-0.15, -0.1) is 40.5 Å². The maximum atomic E-state index is 11.7. The van der Waals surface area contributed by atoms with Crippen LogP contribution < -0.4 is 5.19 Å². The minimum absolute atomic E-state index is 0. The molecule has 2 aromatic heterocycles. The van der Waals surface area contributed by atoms with Crippen molar-refractivity contribution in [2.45, 2.75) is 139 Å². The van der Waals surface area contributed by atoms with Crippen molar-refractivity contribution in [2.24, 2.45) is 29.6 Å². The Labute approximate surface area is 358 Å². The number of fused-ring (bicyclic) bond motifs is 4. The second kappa shape index (κ2) is 20.9. The predicted molar refractivity (Wildman–Crippen MR) is 246 cm³/mol. The van der Waals surface area contributed by atoms with Crippen LogP contribution in [0.1, 0.15) is 121 Å². The molecule has 5 rings (SSSR count). The first-order valence-electron chi connectivity index (χ1n) is 21.2. The Balaban J connectivity index is 0.000000448. The van der Waals surface area contributed by atoms with E-state index in [-0.39, 0.29) is 48.9 Å². The van der Waals surface area contributed by atoms with Gasteiger partial charge in [-0.25, -0.2) is 0 Å². The van der Waals surface area contributed by atoms with Crippen LogP contribution in [0.4, 0.5) is 0 Å². The zero-order valence-electron chi connectivity index (χ0n) is 36.7. The van der Waals surface area contributed by atoms with Gasteiger partial charge in [-0.05, 0) is 71.8 Å². The van der Waals surface area contributed by atoms with Crippen molar-refractivity contribution in [2.75, 3.05) is 0 Å². The second-order valence-electron chi connectivity index (χ2n) is 18.3. The van der Waals surface area contributed by atoms with Gasteiger partial charge in [-0.2, -0.15) is 0 Å². The summed E-state index contributed by atoms with van der Waals surface area (Å²) in [5.41, 5.74) is 3.55. The van der Waals surface area contributed by atoms with Crippen LogP contribution in [-0.2, 0) is 30.3 Å². The van der Waals surface area contributed by atoms with Gasteiger partial charge >= 0.3 is 0 Å². The molecule has 0 saturated carbocycles. The molecule has 0 aliphatic heterocycles. The first-order chi connectivity index (χ1) is 26.0. The zero-order chi connectivity index (χ0) is 40.7. The van der Waals surface area contributed by atoms with E-state index in [0.29, 0.717) is 0 Å². The molecule has 3 nitrogen and oxygen atoms in total. The number of benzene rings is 3. The minimum Gasteiger partial charge on any atom is -0.512 e. The molecule has 5 aromatic rings. The number of nitrogens with zero attached hydrogens (tertiary/aromatic N) is 1. The zero-order valence-corrected chi connectivity index (χ0v) is 40.9. The number of carbonyl (C=O) groups excluding carboxylic acids is 1. The van der Waals surface area contributed by atoms with Crippen molar-refractivity contribution < 1.29 is 30.0 Å².